The maximum atomic E-state index is 11.7. The average molecular weight is 560 g/mol. The number of aromatic amines is 1. The number of hydrogen-bond acceptors (Lipinski definition) is 11. The number of hydrogen-bond donors (Lipinski definition) is 3. The monoisotopic (exact) mass is 559 g/mol. The van der Waals surface area contributed by atoms with Crippen molar-refractivity contribution in [2.45, 2.75) is 26.3 Å². The number of benzene rings is 1. The number of unbranched alkanes of at least 4 members (excludes halogenated alkanes) is 1. The van der Waals surface area contributed by atoms with E-state index in [1.54, 1.807) is 16.8 Å². The lowest BCUT2D eigenvalue weighted by molar-refractivity contribution is 0.0705. The van der Waals surface area contributed by atoms with Crippen LogP contribution in [0.15, 0.2) is 42.9 Å². The summed E-state index contributed by atoms with van der Waals surface area (Å²) in [6.07, 6.45) is 6.63. The molecule has 1 aromatic carbocycles. The Morgan fingerprint density at radius 1 is 1.20 bits per heavy atom. The second-order valence-electron chi connectivity index (χ2n) is 9.52. The third kappa shape index (κ3) is 5.18. The van der Waals surface area contributed by atoms with E-state index >= 15 is 0 Å². The minimum atomic E-state index is -0.646. The van der Waals surface area contributed by atoms with Gasteiger partial charge in [-0.2, -0.15) is 5.10 Å². The van der Waals surface area contributed by atoms with Crippen LogP contribution in [0.5, 0.6) is 0 Å². The summed E-state index contributed by atoms with van der Waals surface area (Å²) in [4.78, 5) is 36.1. The van der Waals surface area contributed by atoms with Crippen LogP contribution >= 0.6 is 11.3 Å². The molecule has 13 heteroatoms. The Morgan fingerprint density at radius 3 is 2.80 bits per heavy atom. The number of nitrogens with one attached hydrogen (secondary N) is 2. The van der Waals surface area contributed by atoms with E-state index in [9.17, 15) is 4.79 Å². The van der Waals surface area contributed by atoms with E-state index in [4.69, 9.17) is 19.9 Å². The van der Waals surface area contributed by atoms with Crippen molar-refractivity contribution in [2.75, 3.05) is 42.6 Å². The Labute approximate surface area is 234 Å². The van der Waals surface area contributed by atoms with Gasteiger partial charge >= 0.3 is 0 Å². The lowest BCUT2D eigenvalue weighted by Gasteiger charge is -2.28. The Morgan fingerprint density at radius 2 is 2.02 bits per heavy atom. The number of carbonyl (C=O) groups is 1. The summed E-state index contributed by atoms with van der Waals surface area (Å²) in [6, 6.07) is 8.13. The molecule has 0 saturated carbocycles. The van der Waals surface area contributed by atoms with Crippen LogP contribution in [0.3, 0.4) is 0 Å². The zero-order chi connectivity index (χ0) is 27.5. The summed E-state index contributed by atoms with van der Waals surface area (Å²) < 4.78 is 6.65. The van der Waals surface area contributed by atoms with E-state index in [1.165, 1.54) is 12.4 Å². The van der Waals surface area contributed by atoms with Crippen molar-refractivity contribution in [3.8, 4) is 11.4 Å². The number of thiophene rings is 1. The van der Waals surface area contributed by atoms with Crippen LogP contribution in [-0.4, -0.2) is 74.1 Å². The number of ether oxygens (including phenoxy) is 1. The van der Waals surface area contributed by atoms with Gasteiger partial charge in [0.15, 0.2) is 11.6 Å². The highest BCUT2D eigenvalue weighted by molar-refractivity contribution is 7.19. The zero-order valence-corrected chi connectivity index (χ0v) is 22.8. The number of amides is 1. The van der Waals surface area contributed by atoms with Crippen LogP contribution in [0, 0.1) is 0 Å². The Hall–Kier alpha value is -4.20. The van der Waals surface area contributed by atoms with Gasteiger partial charge in [0.05, 0.1) is 47.3 Å². The number of aromatic nitrogens is 6. The molecular weight excluding hydrogens is 530 g/mol. The van der Waals surface area contributed by atoms with E-state index in [-0.39, 0.29) is 5.56 Å². The fourth-order valence-electron chi connectivity index (χ4n) is 4.77. The van der Waals surface area contributed by atoms with Gasteiger partial charge in [0.25, 0.3) is 5.91 Å². The van der Waals surface area contributed by atoms with Gasteiger partial charge < -0.3 is 14.5 Å². The maximum Gasteiger partial charge on any atom is 0.277 e. The Kier molecular flexibility index (Phi) is 7.49. The van der Waals surface area contributed by atoms with Crippen molar-refractivity contribution in [2.24, 2.45) is 0 Å². The van der Waals surface area contributed by atoms with Gasteiger partial charge in [-0.25, -0.2) is 25.4 Å². The summed E-state index contributed by atoms with van der Waals surface area (Å²) in [6.45, 7) is 6.32. The molecule has 1 aliphatic rings. The van der Waals surface area contributed by atoms with Crippen molar-refractivity contribution in [3.05, 3.63) is 53.3 Å². The van der Waals surface area contributed by atoms with Crippen LogP contribution in [0.4, 0.5) is 11.8 Å². The molecule has 0 radical (unpaired) electrons. The van der Waals surface area contributed by atoms with Crippen molar-refractivity contribution < 1.29 is 14.7 Å². The fourth-order valence-corrected chi connectivity index (χ4v) is 5.90. The van der Waals surface area contributed by atoms with Gasteiger partial charge in [0.1, 0.15) is 0 Å². The molecule has 3 N–H and O–H groups in total. The van der Waals surface area contributed by atoms with Gasteiger partial charge in [0.2, 0.25) is 5.95 Å². The van der Waals surface area contributed by atoms with Crippen molar-refractivity contribution in [3.63, 3.8) is 0 Å². The smallest absolute Gasteiger partial charge is 0.277 e. The van der Waals surface area contributed by atoms with Gasteiger partial charge in [-0.05, 0) is 18.6 Å². The molecule has 0 atom stereocenters. The first-order valence-corrected chi connectivity index (χ1v) is 14.0. The molecule has 0 aliphatic carbocycles. The summed E-state index contributed by atoms with van der Waals surface area (Å²) in [5, 5.41) is 17.1. The molecule has 0 unspecified atom stereocenters. The average Bonchev–Trinajstić information content (AvgIpc) is 3.65. The van der Waals surface area contributed by atoms with Gasteiger partial charge in [-0.1, -0.05) is 25.5 Å². The lowest BCUT2D eigenvalue weighted by atomic mass is 10.1. The molecule has 1 amide bonds. The van der Waals surface area contributed by atoms with Crippen LogP contribution in [-0.2, 0) is 11.3 Å². The quantitative estimate of drug-likeness (QED) is 0.180. The van der Waals surface area contributed by atoms with Crippen molar-refractivity contribution in [1.29, 1.82) is 0 Å². The Bertz CT molecular complexity index is 1630. The number of H-pyrrole nitrogens is 1. The molecule has 206 valence electrons. The normalized spacial score (nSPS) is 13.7. The van der Waals surface area contributed by atoms with E-state index in [2.05, 4.69) is 43.0 Å². The van der Waals surface area contributed by atoms with Crippen LogP contribution < -0.4 is 15.3 Å². The molecule has 1 saturated heterocycles. The number of carbonyl (C=O) groups excluding carboxylic acids is 1. The predicted octanol–water partition coefficient (Wildman–Crippen LogP) is 3.79. The highest BCUT2D eigenvalue weighted by atomic mass is 32.1. The standard InChI is InChI=1S/C27H29N9O3S/c1-2-3-7-36(27-28-13-17(14-29-27)26(37)34-38)16-18-12-22-23(40-18)25(35-8-10-39-11-9-35)32-24(31-22)19-5-4-6-21-20(19)15-30-33-21/h4-6,12-15,38H,2-3,7-11,16H2,1H3,(H,30,33)(H,34,37). The van der Waals surface area contributed by atoms with Gasteiger partial charge in [-0.15, -0.1) is 11.3 Å². The first-order valence-electron chi connectivity index (χ1n) is 13.2. The van der Waals surface area contributed by atoms with Crippen molar-refractivity contribution >= 4 is 50.1 Å². The van der Waals surface area contributed by atoms with Crippen LogP contribution in [0.25, 0.3) is 32.5 Å². The lowest BCUT2D eigenvalue weighted by Crippen LogP contribution is -2.36. The fraction of sp³-hybridized carbons (Fsp3) is 0.333. The third-order valence-corrected chi connectivity index (χ3v) is 7.96. The first kappa shape index (κ1) is 26.0. The Balaban J connectivity index is 1.39. The number of anilines is 2. The molecule has 0 bridgehead atoms. The molecule has 12 nitrogen and oxygen atoms in total. The molecule has 6 rings (SSSR count). The SMILES string of the molecule is CCCCN(Cc1cc2nc(-c3cccc4[nH]ncc34)nc(N3CCOCC3)c2s1)c1ncc(C(=O)NO)cn1. The van der Waals surface area contributed by atoms with E-state index in [0.717, 1.165) is 69.9 Å². The molecule has 5 aromatic rings. The second kappa shape index (κ2) is 11.5. The van der Waals surface area contributed by atoms with Gasteiger partial charge in [-0.3, -0.25) is 15.1 Å². The first-order chi connectivity index (χ1) is 19.6. The molecule has 40 heavy (non-hydrogen) atoms. The van der Waals surface area contributed by atoms with E-state index in [0.29, 0.717) is 31.5 Å². The third-order valence-electron chi connectivity index (χ3n) is 6.85. The number of nitrogens with zero attached hydrogens (tertiary/aromatic N) is 7. The number of fused-ring (bicyclic) bond motifs is 2. The van der Waals surface area contributed by atoms with E-state index < -0.39 is 5.91 Å². The summed E-state index contributed by atoms with van der Waals surface area (Å²) in [5.74, 6) is 1.45. The van der Waals surface area contributed by atoms with Crippen molar-refractivity contribution in [1.82, 2.24) is 35.6 Å². The number of morpholine rings is 1. The van der Waals surface area contributed by atoms with E-state index in [1.807, 2.05) is 24.4 Å². The topological polar surface area (TPSA) is 145 Å². The molecule has 5 heterocycles. The zero-order valence-electron chi connectivity index (χ0n) is 22.0. The summed E-state index contributed by atoms with van der Waals surface area (Å²) in [5.41, 5.74) is 4.56. The number of rotatable bonds is 9. The van der Waals surface area contributed by atoms with Crippen LogP contribution in [0.1, 0.15) is 35.0 Å². The number of hydroxylamine groups is 1. The molecule has 0 spiro atoms. The molecular formula is C27H29N9O3S. The summed E-state index contributed by atoms with van der Waals surface area (Å²) >= 11 is 1.67. The van der Waals surface area contributed by atoms with Gasteiger partial charge in [0, 0.05) is 47.9 Å². The highest BCUT2D eigenvalue weighted by Crippen LogP contribution is 2.36. The second-order valence-corrected chi connectivity index (χ2v) is 10.7. The molecule has 1 aliphatic heterocycles. The highest BCUT2D eigenvalue weighted by Gasteiger charge is 2.22. The minimum Gasteiger partial charge on any atom is -0.378 e. The predicted molar refractivity (Wildman–Crippen MR) is 153 cm³/mol. The molecule has 1 fully saturated rings. The summed E-state index contributed by atoms with van der Waals surface area (Å²) in [7, 11) is 0. The maximum absolute atomic E-state index is 11.7. The molecule has 4 aromatic heterocycles. The van der Waals surface area contributed by atoms with Crippen LogP contribution in [0.2, 0.25) is 0 Å². The largest absolute Gasteiger partial charge is 0.378 e. The minimum absolute atomic E-state index is 0.189.